The first-order chi connectivity index (χ1) is 16.9. The lowest BCUT2D eigenvalue weighted by Gasteiger charge is -2.12. The van der Waals surface area contributed by atoms with Crippen LogP contribution in [0.1, 0.15) is 35.0 Å². The predicted octanol–water partition coefficient (Wildman–Crippen LogP) is 7.35. The fourth-order valence-electron chi connectivity index (χ4n) is 3.36. The number of hydrogen-bond donors (Lipinski definition) is 0. The second kappa shape index (κ2) is 10.8. The first kappa shape index (κ1) is 24.6. The average Bonchev–Trinajstić information content (AvgIpc) is 2.85. The van der Waals surface area contributed by atoms with Crippen LogP contribution in [0.3, 0.4) is 0 Å². The summed E-state index contributed by atoms with van der Waals surface area (Å²) >= 11 is 12.4. The van der Waals surface area contributed by atoms with E-state index in [1.54, 1.807) is 67.6 Å². The summed E-state index contributed by atoms with van der Waals surface area (Å²) in [4.78, 5) is 25.1. The van der Waals surface area contributed by atoms with Crippen molar-refractivity contribution >= 4 is 40.1 Å². The van der Waals surface area contributed by atoms with Crippen molar-refractivity contribution in [3.63, 3.8) is 0 Å². The Bertz CT molecular complexity index is 1410. The number of halogens is 2. The van der Waals surface area contributed by atoms with Gasteiger partial charge in [-0.2, -0.15) is 0 Å². The maximum Gasteiger partial charge on any atom is 0.338 e. The predicted molar refractivity (Wildman–Crippen MR) is 135 cm³/mol. The minimum absolute atomic E-state index is 0.0651. The quantitative estimate of drug-likeness (QED) is 0.230. The molecule has 0 amide bonds. The first-order valence-corrected chi connectivity index (χ1v) is 11.7. The fraction of sp³-hybridized carbons (Fsp3) is 0.185. The molecule has 35 heavy (non-hydrogen) atoms. The topological polar surface area (TPSA) is 75.0 Å². The molecule has 0 saturated carbocycles. The van der Waals surface area contributed by atoms with Crippen molar-refractivity contribution in [1.82, 2.24) is 0 Å². The molecule has 0 fully saturated rings. The van der Waals surface area contributed by atoms with Crippen molar-refractivity contribution in [2.45, 2.75) is 26.9 Å². The Hall–Kier alpha value is -3.48. The molecule has 4 rings (SSSR count). The van der Waals surface area contributed by atoms with E-state index in [-0.39, 0.29) is 17.8 Å². The highest BCUT2D eigenvalue weighted by molar-refractivity contribution is 6.35. The SMILES string of the molecule is CCCOC(=O)c1ccc(Oc2c(C)oc3cc(OCc4c(Cl)cccc4Cl)ccc3c2=O)cc1. The summed E-state index contributed by atoms with van der Waals surface area (Å²) in [5.41, 5.74) is 1.10. The van der Waals surface area contributed by atoms with Gasteiger partial charge in [0.05, 0.1) is 17.6 Å². The van der Waals surface area contributed by atoms with Gasteiger partial charge in [-0.1, -0.05) is 36.2 Å². The molecule has 0 bridgehead atoms. The standard InChI is InChI=1S/C27H22Cl2O6/c1-3-13-32-27(31)17-7-9-18(10-8-17)35-26-16(2)34-24-14-19(11-12-20(24)25(26)30)33-15-21-22(28)5-4-6-23(21)29/h4-12,14H,3,13,15H2,1-2H3. The third-order valence-electron chi connectivity index (χ3n) is 5.18. The summed E-state index contributed by atoms with van der Waals surface area (Å²) in [5, 5.41) is 1.36. The first-order valence-electron chi connectivity index (χ1n) is 11.0. The molecule has 6 nitrogen and oxygen atoms in total. The van der Waals surface area contributed by atoms with Gasteiger partial charge < -0.3 is 18.6 Å². The van der Waals surface area contributed by atoms with Gasteiger partial charge in [-0.25, -0.2) is 4.79 Å². The van der Waals surface area contributed by atoms with Gasteiger partial charge in [-0.05, 0) is 61.9 Å². The number of carbonyl (C=O) groups excluding carboxylic acids is 1. The van der Waals surface area contributed by atoms with Crippen LogP contribution in [0.2, 0.25) is 10.0 Å². The van der Waals surface area contributed by atoms with Crippen LogP contribution >= 0.6 is 23.2 Å². The van der Waals surface area contributed by atoms with E-state index in [1.807, 2.05) is 6.92 Å². The number of fused-ring (bicyclic) bond motifs is 1. The summed E-state index contributed by atoms with van der Waals surface area (Å²) in [6, 6.07) is 16.5. The molecule has 180 valence electrons. The van der Waals surface area contributed by atoms with Crippen LogP contribution in [0, 0.1) is 6.92 Å². The van der Waals surface area contributed by atoms with E-state index < -0.39 is 5.97 Å². The zero-order chi connectivity index (χ0) is 24.9. The summed E-state index contributed by atoms with van der Waals surface area (Å²) in [5.74, 6) is 0.851. The molecule has 1 heterocycles. The third kappa shape index (κ3) is 5.61. The highest BCUT2D eigenvalue weighted by Gasteiger charge is 2.16. The van der Waals surface area contributed by atoms with E-state index in [9.17, 15) is 9.59 Å². The van der Waals surface area contributed by atoms with Gasteiger partial charge in [0.25, 0.3) is 0 Å². The number of ether oxygens (including phenoxy) is 3. The monoisotopic (exact) mass is 512 g/mol. The van der Waals surface area contributed by atoms with Gasteiger partial charge in [0, 0.05) is 21.7 Å². The summed E-state index contributed by atoms with van der Waals surface area (Å²) in [6.45, 7) is 4.08. The van der Waals surface area contributed by atoms with Crippen LogP contribution in [0.15, 0.2) is 69.9 Å². The van der Waals surface area contributed by atoms with E-state index in [1.165, 1.54) is 0 Å². The Kier molecular flexibility index (Phi) is 7.63. The Labute approximate surface area is 211 Å². The molecule has 3 aromatic carbocycles. The second-order valence-corrected chi connectivity index (χ2v) is 8.54. The Morgan fingerprint density at radius 1 is 0.971 bits per heavy atom. The molecular weight excluding hydrogens is 491 g/mol. The fourth-order valence-corrected chi connectivity index (χ4v) is 3.86. The summed E-state index contributed by atoms with van der Waals surface area (Å²) in [6.07, 6.45) is 0.743. The van der Waals surface area contributed by atoms with Crippen LogP contribution in [0.25, 0.3) is 11.0 Å². The van der Waals surface area contributed by atoms with Crippen LogP contribution in [0.5, 0.6) is 17.2 Å². The van der Waals surface area contributed by atoms with Crippen LogP contribution < -0.4 is 14.9 Å². The van der Waals surface area contributed by atoms with E-state index in [0.29, 0.717) is 56.0 Å². The molecule has 0 aliphatic heterocycles. The number of hydrogen-bond acceptors (Lipinski definition) is 6. The van der Waals surface area contributed by atoms with Gasteiger partial charge in [0.1, 0.15) is 29.4 Å². The molecule has 0 N–H and O–H groups in total. The van der Waals surface area contributed by atoms with Gasteiger partial charge in [0.2, 0.25) is 11.2 Å². The van der Waals surface area contributed by atoms with Crippen LogP contribution in [-0.4, -0.2) is 12.6 Å². The normalized spacial score (nSPS) is 10.9. The highest BCUT2D eigenvalue weighted by Crippen LogP contribution is 2.29. The molecule has 8 heteroatoms. The van der Waals surface area contributed by atoms with Crippen molar-refractivity contribution < 1.29 is 23.4 Å². The zero-order valence-electron chi connectivity index (χ0n) is 19.1. The lowest BCUT2D eigenvalue weighted by molar-refractivity contribution is 0.0505. The minimum atomic E-state index is -0.408. The van der Waals surface area contributed by atoms with Crippen molar-refractivity contribution in [1.29, 1.82) is 0 Å². The van der Waals surface area contributed by atoms with E-state index in [2.05, 4.69) is 0 Å². The van der Waals surface area contributed by atoms with Crippen LogP contribution in [-0.2, 0) is 11.3 Å². The number of rotatable bonds is 8. The Balaban J connectivity index is 1.54. The summed E-state index contributed by atoms with van der Waals surface area (Å²) < 4.78 is 22.6. The van der Waals surface area contributed by atoms with E-state index in [4.69, 9.17) is 41.8 Å². The van der Waals surface area contributed by atoms with Crippen molar-refractivity contribution in [2.75, 3.05) is 6.61 Å². The minimum Gasteiger partial charge on any atom is -0.489 e. The number of benzene rings is 3. The molecule has 1 aromatic heterocycles. The second-order valence-electron chi connectivity index (χ2n) is 7.73. The Morgan fingerprint density at radius 3 is 2.34 bits per heavy atom. The number of carbonyl (C=O) groups is 1. The largest absolute Gasteiger partial charge is 0.489 e. The van der Waals surface area contributed by atoms with E-state index in [0.717, 1.165) is 6.42 Å². The molecule has 0 saturated heterocycles. The smallest absolute Gasteiger partial charge is 0.338 e. The molecule has 0 radical (unpaired) electrons. The average molecular weight is 513 g/mol. The van der Waals surface area contributed by atoms with Gasteiger partial charge >= 0.3 is 5.97 Å². The van der Waals surface area contributed by atoms with Gasteiger partial charge in [-0.3, -0.25) is 4.79 Å². The van der Waals surface area contributed by atoms with E-state index >= 15 is 0 Å². The molecule has 0 atom stereocenters. The van der Waals surface area contributed by atoms with Crippen LogP contribution in [0.4, 0.5) is 0 Å². The zero-order valence-corrected chi connectivity index (χ0v) is 20.6. The third-order valence-corrected chi connectivity index (χ3v) is 5.89. The van der Waals surface area contributed by atoms with Gasteiger partial charge in [-0.15, -0.1) is 0 Å². The highest BCUT2D eigenvalue weighted by atomic mass is 35.5. The molecule has 0 aliphatic rings. The molecular formula is C27H22Cl2O6. The van der Waals surface area contributed by atoms with Crippen molar-refractivity contribution in [3.8, 4) is 17.2 Å². The number of aryl methyl sites for hydroxylation is 1. The van der Waals surface area contributed by atoms with Crippen molar-refractivity contribution in [2.24, 2.45) is 0 Å². The molecule has 4 aromatic rings. The lowest BCUT2D eigenvalue weighted by Crippen LogP contribution is -2.08. The molecule has 0 unspecified atom stereocenters. The van der Waals surface area contributed by atoms with Crippen molar-refractivity contribution in [3.05, 3.63) is 97.8 Å². The lowest BCUT2D eigenvalue weighted by atomic mass is 10.2. The van der Waals surface area contributed by atoms with Gasteiger partial charge in [0.15, 0.2) is 0 Å². The maximum absolute atomic E-state index is 13.1. The molecule has 0 spiro atoms. The maximum atomic E-state index is 13.1. The number of esters is 1. The Morgan fingerprint density at radius 2 is 1.66 bits per heavy atom. The summed E-state index contributed by atoms with van der Waals surface area (Å²) in [7, 11) is 0. The molecule has 0 aliphatic carbocycles.